The third kappa shape index (κ3) is 3.28. The summed E-state index contributed by atoms with van der Waals surface area (Å²) in [7, 11) is 0. The monoisotopic (exact) mass is 336 g/mol. The molecule has 0 aromatic heterocycles. The quantitative estimate of drug-likeness (QED) is 0.367. The van der Waals surface area contributed by atoms with Gasteiger partial charge in [0.25, 0.3) is 0 Å². The molecular formula is C26H24. The Balaban J connectivity index is 1.68. The summed E-state index contributed by atoms with van der Waals surface area (Å²) in [6.07, 6.45) is 2.17. The minimum atomic E-state index is 1.08. The molecule has 0 aliphatic rings. The molecule has 0 aliphatic heterocycles. The first-order chi connectivity index (χ1) is 12.8. The van der Waals surface area contributed by atoms with E-state index in [1.807, 2.05) is 0 Å². The van der Waals surface area contributed by atoms with Gasteiger partial charge in [-0.15, -0.1) is 0 Å². The Bertz CT molecular complexity index is 935. The molecule has 4 aromatic carbocycles. The maximum Gasteiger partial charge on any atom is -0.0177 e. The highest BCUT2D eigenvalue weighted by molar-refractivity contribution is 5.90. The Kier molecular flexibility index (Phi) is 4.58. The van der Waals surface area contributed by atoms with E-state index in [-0.39, 0.29) is 0 Å². The van der Waals surface area contributed by atoms with E-state index in [0.717, 1.165) is 12.8 Å². The largest absolute Gasteiger partial charge is 0.0613 e. The fourth-order valence-corrected chi connectivity index (χ4v) is 3.47. The van der Waals surface area contributed by atoms with Crippen LogP contribution in [0.15, 0.2) is 84.9 Å². The topological polar surface area (TPSA) is 0 Å². The highest BCUT2D eigenvalue weighted by atomic mass is 14.1. The summed E-state index contributed by atoms with van der Waals surface area (Å²) in [5, 5.41) is 2.58. The van der Waals surface area contributed by atoms with E-state index in [1.165, 1.54) is 44.2 Å². The minimum Gasteiger partial charge on any atom is -0.0613 e. The smallest absolute Gasteiger partial charge is 0.0177 e. The van der Waals surface area contributed by atoms with Crippen molar-refractivity contribution in [2.24, 2.45) is 0 Å². The van der Waals surface area contributed by atoms with Gasteiger partial charge in [-0.3, -0.25) is 0 Å². The molecular weight excluding hydrogens is 312 g/mol. The standard InChI is InChI=1S/C26H24/c1-3-19-5-9-21(10-6-19)23-13-15-26-18-24(14-16-25(26)17-23)22-11-7-20(4-2)8-12-22/h5-18H,3-4H2,1-2H3. The van der Waals surface area contributed by atoms with E-state index in [4.69, 9.17) is 0 Å². The van der Waals surface area contributed by atoms with Crippen molar-refractivity contribution in [2.45, 2.75) is 26.7 Å². The van der Waals surface area contributed by atoms with Crippen LogP contribution in [0.1, 0.15) is 25.0 Å². The van der Waals surface area contributed by atoms with Gasteiger partial charge in [0.2, 0.25) is 0 Å². The number of hydrogen-bond donors (Lipinski definition) is 0. The van der Waals surface area contributed by atoms with Crippen LogP contribution in [-0.2, 0) is 12.8 Å². The van der Waals surface area contributed by atoms with Crippen molar-refractivity contribution in [3.8, 4) is 22.3 Å². The van der Waals surface area contributed by atoms with Gasteiger partial charge in [0, 0.05) is 0 Å². The van der Waals surface area contributed by atoms with Gasteiger partial charge < -0.3 is 0 Å². The van der Waals surface area contributed by atoms with Gasteiger partial charge in [0.1, 0.15) is 0 Å². The van der Waals surface area contributed by atoms with Gasteiger partial charge in [0.05, 0.1) is 0 Å². The van der Waals surface area contributed by atoms with Gasteiger partial charge in [-0.1, -0.05) is 86.6 Å². The Morgan fingerprint density at radius 2 is 0.769 bits per heavy atom. The van der Waals surface area contributed by atoms with E-state index in [2.05, 4.69) is 98.8 Å². The predicted molar refractivity (Wildman–Crippen MR) is 114 cm³/mol. The van der Waals surface area contributed by atoms with Crippen molar-refractivity contribution in [1.82, 2.24) is 0 Å². The third-order valence-electron chi connectivity index (χ3n) is 5.23. The molecule has 128 valence electrons. The van der Waals surface area contributed by atoms with Crippen LogP contribution in [0.5, 0.6) is 0 Å². The van der Waals surface area contributed by atoms with Crippen LogP contribution < -0.4 is 0 Å². The van der Waals surface area contributed by atoms with Crippen LogP contribution in [0.2, 0.25) is 0 Å². The fraction of sp³-hybridized carbons (Fsp3) is 0.154. The summed E-state index contributed by atoms with van der Waals surface area (Å²) in [6, 6.07) is 31.3. The average molecular weight is 336 g/mol. The Labute approximate surface area is 156 Å². The first-order valence-electron chi connectivity index (χ1n) is 9.49. The Morgan fingerprint density at radius 3 is 1.12 bits per heavy atom. The molecule has 0 bridgehead atoms. The number of hydrogen-bond acceptors (Lipinski definition) is 0. The van der Waals surface area contributed by atoms with Crippen LogP contribution in [0.25, 0.3) is 33.0 Å². The molecule has 4 aromatic rings. The minimum absolute atomic E-state index is 1.08. The van der Waals surface area contributed by atoms with Crippen molar-refractivity contribution in [3.05, 3.63) is 96.1 Å². The normalized spacial score (nSPS) is 11.0. The van der Waals surface area contributed by atoms with Crippen molar-refractivity contribution in [1.29, 1.82) is 0 Å². The van der Waals surface area contributed by atoms with E-state index in [1.54, 1.807) is 0 Å². The van der Waals surface area contributed by atoms with Crippen LogP contribution in [0.3, 0.4) is 0 Å². The summed E-state index contributed by atoms with van der Waals surface area (Å²) in [6.45, 7) is 4.39. The van der Waals surface area contributed by atoms with Crippen molar-refractivity contribution in [3.63, 3.8) is 0 Å². The molecule has 0 N–H and O–H groups in total. The van der Waals surface area contributed by atoms with Crippen LogP contribution in [0.4, 0.5) is 0 Å². The zero-order chi connectivity index (χ0) is 17.9. The molecule has 0 nitrogen and oxygen atoms in total. The molecule has 0 atom stereocenters. The lowest BCUT2D eigenvalue weighted by atomic mass is 9.96. The molecule has 0 heterocycles. The maximum absolute atomic E-state index is 2.29. The summed E-state index contributed by atoms with van der Waals surface area (Å²) in [4.78, 5) is 0. The molecule has 0 saturated carbocycles. The summed E-state index contributed by atoms with van der Waals surface area (Å²) in [5.74, 6) is 0. The first-order valence-corrected chi connectivity index (χ1v) is 9.49. The zero-order valence-corrected chi connectivity index (χ0v) is 15.5. The van der Waals surface area contributed by atoms with Gasteiger partial charge in [0.15, 0.2) is 0 Å². The van der Waals surface area contributed by atoms with Gasteiger partial charge >= 0.3 is 0 Å². The molecule has 0 radical (unpaired) electrons. The van der Waals surface area contributed by atoms with Crippen LogP contribution in [0, 0.1) is 0 Å². The van der Waals surface area contributed by atoms with E-state index in [0.29, 0.717) is 0 Å². The second-order valence-electron chi connectivity index (χ2n) is 6.88. The lowest BCUT2D eigenvalue weighted by molar-refractivity contribution is 1.14. The lowest BCUT2D eigenvalue weighted by Crippen LogP contribution is -1.84. The molecule has 0 saturated heterocycles. The van der Waals surface area contributed by atoms with Crippen LogP contribution in [-0.4, -0.2) is 0 Å². The highest BCUT2D eigenvalue weighted by Gasteiger charge is 2.03. The van der Waals surface area contributed by atoms with E-state index >= 15 is 0 Å². The van der Waals surface area contributed by atoms with Crippen LogP contribution >= 0.6 is 0 Å². The molecule has 26 heavy (non-hydrogen) atoms. The maximum atomic E-state index is 2.29. The Hall–Kier alpha value is -2.86. The Morgan fingerprint density at radius 1 is 0.423 bits per heavy atom. The molecule has 0 aliphatic carbocycles. The van der Waals surface area contributed by atoms with Gasteiger partial charge in [-0.05, 0) is 69.1 Å². The summed E-state index contributed by atoms with van der Waals surface area (Å²) < 4.78 is 0. The van der Waals surface area contributed by atoms with Gasteiger partial charge in [-0.25, -0.2) is 0 Å². The summed E-state index contributed by atoms with van der Waals surface area (Å²) >= 11 is 0. The molecule has 0 spiro atoms. The fourth-order valence-electron chi connectivity index (χ4n) is 3.47. The summed E-state index contributed by atoms with van der Waals surface area (Å²) in [5.41, 5.74) is 7.88. The third-order valence-corrected chi connectivity index (χ3v) is 5.23. The van der Waals surface area contributed by atoms with E-state index in [9.17, 15) is 0 Å². The average Bonchev–Trinajstić information content (AvgIpc) is 2.73. The molecule has 0 fully saturated rings. The second kappa shape index (κ2) is 7.17. The predicted octanol–water partition coefficient (Wildman–Crippen LogP) is 7.30. The SMILES string of the molecule is CCc1ccc(-c2ccc3cc(-c4ccc(CC)cc4)ccc3c2)cc1. The number of benzene rings is 4. The first kappa shape index (κ1) is 16.6. The zero-order valence-electron chi connectivity index (χ0n) is 15.5. The molecule has 0 heteroatoms. The molecule has 4 rings (SSSR count). The number of fused-ring (bicyclic) bond motifs is 1. The van der Waals surface area contributed by atoms with Crippen molar-refractivity contribution >= 4 is 10.8 Å². The van der Waals surface area contributed by atoms with Gasteiger partial charge in [-0.2, -0.15) is 0 Å². The number of aryl methyl sites for hydroxylation is 2. The lowest BCUT2D eigenvalue weighted by Gasteiger charge is -2.08. The van der Waals surface area contributed by atoms with E-state index < -0.39 is 0 Å². The second-order valence-corrected chi connectivity index (χ2v) is 6.88. The molecule has 0 unspecified atom stereocenters. The number of rotatable bonds is 4. The van der Waals surface area contributed by atoms with Crippen molar-refractivity contribution in [2.75, 3.05) is 0 Å². The highest BCUT2D eigenvalue weighted by Crippen LogP contribution is 2.29. The molecule has 0 amide bonds. The van der Waals surface area contributed by atoms with Crippen molar-refractivity contribution < 1.29 is 0 Å².